The first-order valence-corrected chi connectivity index (χ1v) is 18.9. The maximum atomic E-state index is 14.3. The summed E-state index contributed by atoms with van der Waals surface area (Å²) in [5.74, 6) is -3.35. The Kier molecular flexibility index (Phi) is 11.7. The molecule has 0 aliphatic heterocycles. The van der Waals surface area contributed by atoms with E-state index in [2.05, 4.69) is 20.6 Å². The Morgan fingerprint density at radius 2 is 0.917 bits per heavy atom. The summed E-state index contributed by atoms with van der Waals surface area (Å²) in [6.07, 6.45) is -1.51. The van der Waals surface area contributed by atoms with E-state index in [0.717, 1.165) is 33.7 Å². The molecule has 316 valence electrons. The van der Waals surface area contributed by atoms with Crippen LogP contribution < -0.4 is 20.1 Å². The molecule has 4 aromatic carbocycles. The van der Waals surface area contributed by atoms with Gasteiger partial charge in [-0.2, -0.15) is 26.3 Å². The number of halogens is 10. The Labute approximate surface area is 337 Å². The number of aromatic nitrogens is 2. The van der Waals surface area contributed by atoms with Gasteiger partial charge in [-0.15, -0.1) is 0 Å². The van der Waals surface area contributed by atoms with Gasteiger partial charge < -0.3 is 20.1 Å². The highest BCUT2D eigenvalue weighted by atomic mass is 19.4. The molecule has 16 heteroatoms. The van der Waals surface area contributed by atoms with Crippen molar-refractivity contribution in [1.82, 2.24) is 20.6 Å². The second-order valence-corrected chi connectivity index (χ2v) is 15.6. The third-order valence-electron chi connectivity index (χ3n) is 10.9. The SMILES string of the molecule is CC1(NCc2c(F)ccc3cnccc23)CC(Oc2ccc(F)c(C(F)(F)F)c2)C1.CC1(NCc2c(F)ccc3cnccc23)CC(Oc2ccc(F)c(C(F)(F)F)c2)C1. The normalized spacial score (nSPS) is 21.5. The zero-order valence-electron chi connectivity index (χ0n) is 32.1. The number of fused-ring (bicyclic) bond motifs is 2. The number of alkyl halides is 6. The highest BCUT2D eigenvalue weighted by Crippen LogP contribution is 2.40. The van der Waals surface area contributed by atoms with Gasteiger partial charge in [0.15, 0.2) is 0 Å². The van der Waals surface area contributed by atoms with Gasteiger partial charge in [-0.25, -0.2) is 17.6 Å². The molecule has 0 spiro atoms. The van der Waals surface area contributed by atoms with Crippen LogP contribution in [0.4, 0.5) is 43.9 Å². The van der Waals surface area contributed by atoms with E-state index in [0.29, 0.717) is 62.0 Å². The van der Waals surface area contributed by atoms with E-state index < -0.39 is 35.1 Å². The van der Waals surface area contributed by atoms with Crippen LogP contribution in [0.15, 0.2) is 97.6 Å². The molecule has 2 aliphatic carbocycles. The number of pyridine rings is 2. The number of ether oxygens (including phenoxy) is 2. The molecule has 2 aliphatic rings. The van der Waals surface area contributed by atoms with Gasteiger partial charge in [-0.05, 0) is 97.4 Å². The lowest BCUT2D eigenvalue weighted by atomic mass is 9.75. The van der Waals surface area contributed by atoms with Crippen molar-refractivity contribution in [2.24, 2.45) is 0 Å². The van der Waals surface area contributed by atoms with Gasteiger partial charge in [0.25, 0.3) is 0 Å². The predicted molar refractivity (Wildman–Crippen MR) is 204 cm³/mol. The summed E-state index contributed by atoms with van der Waals surface area (Å²) < 4.78 is 144. The molecule has 0 atom stereocenters. The number of rotatable bonds is 10. The van der Waals surface area contributed by atoms with E-state index in [1.165, 1.54) is 24.3 Å². The molecule has 0 amide bonds. The molecule has 6 nitrogen and oxygen atoms in total. The molecular weight excluding hydrogens is 806 g/mol. The molecule has 2 heterocycles. The van der Waals surface area contributed by atoms with E-state index in [1.54, 1.807) is 49.1 Å². The van der Waals surface area contributed by atoms with Crippen LogP contribution >= 0.6 is 0 Å². The fourth-order valence-electron chi connectivity index (χ4n) is 7.70. The second kappa shape index (κ2) is 16.5. The minimum absolute atomic E-state index is 0.0247. The molecule has 2 saturated carbocycles. The summed E-state index contributed by atoms with van der Waals surface area (Å²) in [4.78, 5) is 8.09. The third kappa shape index (κ3) is 9.60. The first-order chi connectivity index (χ1) is 28.3. The third-order valence-corrected chi connectivity index (χ3v) is 10.9. The Morgan fingerprint density at radius 3 is 1.28 bits per heavy atom. The Hall–Kier alpha value is -5.48. The van der Waals surface area contributed by atoms with Gasteiger partial charge in [0.05, 0.1) is 11.1 Å². The van der Waals surface area contributed by atoms with Crippen molar-refractivity contribution < 1.29 is 53.4 Å². The molecule has 0 unspecified atom stereocenters. The van der Waals surface area contributed by atoms with E-state index in [9.17, 15) is 43.9 Å². The summed E-state index contributed by atoms with van der Waals surface area (Å²) in [7, 11) is 0. The molecular formula is C44H38F10N4O2. The lowest BCUT2D eigenvalue weighted by Crippen LogP contribution is -2.56. The zero-order valence-corrected chi connectivity index (χ0v) is 32.1. The lowest BCUT2D eigenvalue weighted by molar-refractivity contribution is -0.141. The molecule has 0 radical (unpaired) electrons. The fourth-order valence-corrected chi connectivity index (χ4v) is 7.70. The van der Waals surface area contributed by atoms with Crippen LogP contribution in [0.5, 0.6) is 11.5 Å². The quantitative estimate of drug-likeness (QED) is 0.134. The average Bonchev–Trinajstić information content (AvgIpc) is 3.16. The van der Waals surface area contributed by atoms with Crippen LogP contribution in [0, 0.1) is 23.3 Å². The second-order valence-electron chi connectivity index (χ2n) is 15.6. The van der Waals surface area contributed by atoms with Crippen LogP contribution in [0.1, 0.15) is 61.8 Å². The maximum absolute atomic E-state index is 14.3. The molecule has 2 aromatic heterocycles. The number of hydrogen-bond acceptors (Lipinski definition) is 6. The van der Waals surface area contributed by atoms with Gasteiger partial charge in [0.1, 0.15) is 47.0 Å². The Balaban J connectivity index is 0.000000181. The molecule has 6 aromatic rings. The van der Waals surface area contributed by atoms with Crippen LogP contribution in [0.2, 0.25) is 0 Å². The van der Waals surface area contributed by atoms with Gasteiger partial charge in [0, 0.05) is 96.5 Å². The maximum Gasteiger partial charge on any atom is 0.419 e. The van der Waals surface area contributed by atoms with Crippen molar-refractivity contribution in [2.75, 3.05) is 0 Å². The molecule has 60 heavy (non-hydrogen) atoms. The van der Waals surface area contributed by atoms with Crippen molar-refractivity contribution in [2.45, 2.75) is 88.3 Å². The summed E-state index contributed by atoms with van der Waals surface area (Å²) in [6, 6.07) is 14.9. The van der Waals surface area contributed by atoms with Gasteiger partial charge in [0.2, 0.25) is 0 Å². The van der Waals surface area contributed by atoms with Crippen LogP contribution in [0.25, 0.3) is 21.5 Å². The monoisotopic (exact) mass is 844 g/mol. The minimum Gasteiger partial charge on any atom is -0.490 e. The molecule has 0 bridgehead atoms. The van der Waals surface area contributed by atoms with Crippen LogP contribution in [0.3, 0.4) is 0 Å². The van der Waals surface area contributed by atoms with Crippen molar-refractivity contribution in [3.8, 4) is 11.5 Å². The largest absolute Gasteiger partial charge is 0.490 e. The fraction of sp³-hybridized carbons (Fsp3) is 0.318. The van der Waals surface area contributed by atoms with E-state index >= 15 is 0 Å². The summed E-state index contributed by atoms with van der Waals surface area (Å²) >= 11 is 0. The number of hydrogen-bond donors (Lipinski definition) is 2. The molecule has 2 N–H and O–H groups in total. The van der Waals surface area contributed by atoms with Crippen molar-refractivity contribution in [3.63, 3.8) is 0 Å². The van der Waals surface area contributed by atoms with Crippen molar-refractivity contribution >= 4 is 21.5 Å². The standard InChI is InChI=1S/2C22H19F5N2O/c2*1-21(29-12-17-16-6-7-28-11-13(16)2-4-19(17)23)9-15(10-21)30-14-3-5-20(24)18(8-14)22(25,26)27/h2*2-8,11,15,29H,9-10,12H2,1H3. The summed E-state index contributed by atoms with van der Waals surface area (Å²) in [5.41, 5.74) is -2.32. The number of nitrogens with one attached hydrogen (secondary N) is 2. The van der Waals surface area contributed by atoms with E-state index in [4.69, 9.17) is 9.47 Å². The average molecular weight is 845 g/mol. The Bertz CT molecular complexity index is 2330. The lowest BCUT2D eigenvalue weighted by Gasteiger charge is -2.45. The summed E-state index contributed by atoms with van der Waals surface area (Å²) in [6.45, 7) is 4.49. The first kappa shape index (κ1) is 42.6. The topological polar surface area (TPSA) is 68.3 Å². The predicted octanol–water partition coefficient (Wildman–Crippen LogP) is 11.2. The van der Waals surface area contributed by atoms with E-state index in [-0.39, 0.29) is 46.4 Å². The van der Waals surface area contributed by atoms with Gasteiger partial charge in [-0.1, -0.05) is 0 Å². The van der Waals surface area contributed by atoms with Crippen LogP contribution in [-0.4, -0.2) is 33.3 Å². The summed E-state index contributed by atoms with van der Waals surface area (Å²) in [5, 5.41) is 9.88. The molecule has 0 saturated heterocycles. The van der Waals surface area contributed by atoms with Crippen LogP contribution in [-0.2, 0) is 25.4 Å². The van der Waals surface area contributed by atoms with Crippen molar-refractivity contribution in [1.29, 1.82) is 0 Å². The zero-order chi connectivity index (χ0) is 43.0. The first-order valence-electron chi connectivity index (χ1n) is 18.9. The highest BCUT2D eigenvalue weighted by Gasteiger charge is 2.43. The number of benzene rings is 4. The Morgan fingerprint density at radius 1 is 0.550 bits per heavy atom. The van der Waals surface area contributed by atoms with Gasteiger partial charge >= 0.3 is 12.4 Å². The van der Waals surface area contributed by atoms with Crippen molar-refractivity contribution in [3.05, 3.63) is 143 Å². The molecule has 8 rings (SSSR count). The van der Waals surface area contributed by atoms with Gasteiger partial charge in [-0.3, -0.25) is 9.97 Å². The highest BCUT2D eigenvalue weighted by molar-refractivity contribution is 5.85. The molecule has 2 fully saturated rings. The minimum atomic E-state index is -4.78. The smallest absolute Gasteiger partial charge is 0.419 e. The number of nitrogens with zero attached hydrogens (tertiary/aromatic N) is 2. The van der Waals surface area contributed by atoms with E-state index in [1.807, 2.05) is 13.8 Å².